The minimum absolute atomic E-state index is 0.0650. The SMILES string of the molecule is CS(=O)(=O)OCC1CCCCC1[N+](=O)[O-]. The van der Waals surface area contributed by atoms with Crippen molar-refractivity contribution in [2.75, 3.05) is 12.9 Å². The van der Waals surface area contributed by atoms with Crippen LogP contribution in [0, 0.1) is 16.0 Å². The lowest BCUT2D eigenvalue weighted by Gasteiger charge is -2.24. The largest absolute Gasteiger partial charge is 0.270 e. The van der Waals surface area contributed by atoms with E-state index in [4.69, 9.17) is 0 Å². The Labute approximate surface area is 88.9 Å². The fraction of sp³-hybridized carbons (Fsp3) is 1.00. The summed E-state index contributed by atoms with van der Waals surface area (Å²) >= 11 is 0. The van der Waals surface area contributed by atoms with E-state index in [1.807, 2.05) is 0 Å². The molecule has 0 spiro atoms. The van der Waals surface area contributed by atoms with Gasteiger partial charge in [-0.2, -0.15) is 8.42 Å². The summed E-state index contributed by atoms with van der Waals surface area (Å²) in [4.78, 5) is 10.4. The Hall–Kier alpha value is -0.690. The van der Waals surface area contributed by atoms with Crippen molar-refractivity contribution in [2.45, 2.75) is 31.7 Å². The van der Waals surface area contributed by atoms with Crippen LogP contribution in [0.5, 0.6) is 0 Å². The zero-order chi connectivity index (χ0) is 11.5. The minimum Gasteiger partial charge on any atom is -0.270 e. The van der Waals surface area contributed by atoms with Gasteiger partial charge in [0.1, 0.15) is 0 Å². The quantitative estimate of drug-likeness (QED) is 0.410. The second-order valence-electron chi connectivity index (χ2n) is 3.89. The van der Waals surface area contributed by atoms with Gasteiger partial charge in [-0.05, 0) is 12.8 Å². The molecule has 0 aromatic rings. The van der Waals surface area contributed by atoms with Crippen molar-refractivity contribution in [3.05, 3.63) is 10.1 Å². The zero-order valence-corrected chi connectivity index (χ0v) is 9.40. The zero-order valence-electron chi connectivity index (χ0n) is 8.59. The maximum atomic E-state index is 10.8. The van der Waals surface area contributed by atoms with E-state index in [-0.39, 0.29) is 17.4 Å². The molecule has 0 aromatic carbocycles. The van der Waals surface area contributed by atoms with Crippen LogP contribution in [0.25, 0.3) is 0 Å². The molecule has 0 aromatic heterocycles. The molecule has 88 valence electrons. The molecule has 7 heteroatoms. The monoisotopic (exact) mass is 237 g/mol. The topological polar surface area (TPSA) is 86.5 Å². The van der Waals surface area contributed by atoms with Crippen molar-refractivity contribution >= 4 is 10.1 Å². The van der Waals surface area contributed by atoms with E-state index >= 15 is 0 Å². The van der Waals surface area contributed by atoms with Crippen LogP contribution in [0.2, 0.25) is 0 Å². The molecule has 0 heterocycles. The normalized spacial score (nSPS) is 27.5. The van der Waals surface area contributed by atoms with Gasteiger partial charge in [0.15, 0.2) is 0 Å². The predicted molar refractivity (Wildman–Crippen MR) is 53.5 cm³/mol. The van der Waals surface area contributed by atoms with Gasteiger partial charge in [0, 0.05) is 11.3 Å². The van der Waals surface area contributed by atoms with Gasteiger partial charge < -0.3 is 0 Å². The third-order valence-corrected chi connectivity index (χ3v) is 3.20. The first kappa shape index (κ1) is 12.4. The molecule has 1 aliphatic rings. The first-order valence-electron chi connectivity index (χ1n) is 4.88. The van der Waals surface area contributed by atoms with Crippen LogP contribution in [-0.4, -0.2) is 32.2 Å². The minimum atomic E-state index is -3.50. The van der Waals surface area contributed by atoms with Crippen LogP contribution in [-0.2, 0) is 14.3 Å². The molecule has 0 aliphatic heterocycles. The highest BCUT2D eigenvalue weighted by atomic mass is 32.2. The third kappa shape index (κ3) is 4.13. The van der Waals surface area contributed by atoms with Crippen LogP contribution >= 0.6 is 0 Å². The molecule has 2 atom stereocenters. The molecular formula is C8H15NO5S. The standard InChI is InChI=1S/C8H15NO5S/c1-15(12,13)14-6-7-4-2-3-5-8(7)9(10)11/h7-8H,2-6H2,1H3. The average Bonchev–Trinajstić information content (AvgIpc) is 2.14. The second kappa shape index (κ2) is 4.89. The van der Waals surface area contributed by atoms with E-state index < -0.39 is 16.2 Å². The maximum Gasteiger partial charge on any atom is 0.264 e. The van der Waals surface area contributed by atoms with Crippen molar-refractivity contribution in [3.8, 4) is 0 Å². The molecule has 15 heavy (non-hydrogen) atoms. The summed E-state index contributed by atoms with van der Waals surface area (Å²) in [6.07, 6.45) is 3.88. The molecule has 6 nitrogen and oxygen atoms in total. The van der Waals surface area contributed by atoms with Crippen LogP contribution in [0.3, 0.4) is 0 Å². The smallest absolute Gasteiger partial charge is 0.264 e. The van der Waals surface area contributed by atoms with Crippen LogP contribution in [0.4, 0.5) is 0 Å². The lowest BCUT2D eigenvalue weighted by Crippen LogP contribution is -2.35. The van der Waals surface area contributed by atoms with E-state index in [0.29, 0.717) is 12.8 Å². The molecule has 1 rings (SSSR count). The Morgan fingerprint density at radius 1 is 1.40 bits per heavy atom. The maximum absolute atomic E-state index is 10.8. The number of hydrogen-bond donors (Lipinski definition) is 0. The summed E-state index contributed by atoms with van der Waals surface area (Å²) in [5.74, 6) is -0.275. The van der Waals surface area contributed by atoms with Crippen LogP contribution in [0.1, 0.15) is 25.7 Å². The average molecular weight is 237 g/mol. The van der Waals surface area contributed by atoms with Gasteiger partial charge in [-0.15, -0.1) is 0 Å². The fourth-order valence-corrected chi connectivity index (χ4v) is 2.29. The molecule has 1 saturated carbocycles. The van der Waals surface area contributed by atoms with Crippen molar-refractivity contribution in [1.82, 2.24) is 0 Å². The predicted octanol–water partition coefficient (Wildman–Crippen LogP) is 0.798. The summed E-state index contributed by atoms with van der Waals surface area (Å²) in [5, 5.41) is 10.7. The highest BCUT2D eigenvalue weighted by molar-refractivity contribution is 7.85. The third-order valence-electron chi connectivity index (χ3n) is 2.64. The summed E-state index contributed by atoms with van der Waals surface area (Å²) in [7, 11) is -3.50. The number of nitrogens with zero attached hydrogens (tertiary/aromatic N) is 1. The van der Waals surface area contributed by atoms with Crippen molar-refractivity contribution in [3.63, 3.8) is 0 Å². The molecular weight excluding hydrogens is 222 g/mol. The van der Waals surface area contributed by atoms with E-state index in [9.17, 15) is 18.5 Å². The van der Waals surface area contributed by atoms with Crippen molar-refractivity contribution in [1.29, 1.82) is 0 Å². The van der Waals surface area contributed by atoms with Gasteiger partial charge in [-0.1, -0.05) is 6.42 Å². The molecule has 2 unspecified atom stereocenters. The molecule has 1 fully saturated rings. The molecule has 0 N–H and O–H groups in total. The van der Waals surface area contributed by atoms with Gasteiger partial charge in [0.25, 0.3) is 10.1 Å². The number of rotatable bonds is 4. The highest BCUT2D eigenvalue weighted by Gasteiger charge is 2.34. The first-order valence-corrected chi connectivity index (χ1v) is 6.69. The second-order valence-corrected chi connectivity index (χ2v) is 5.53. The Bertz CT molecular complexity index is 326. The lowest BCUT2D eigenvalue weighted by molar-refractivity contribution is -0.536. The van der Waals surface area contributed by atoms with E-state index in [1.165, 1.54) is 0 Å². The molecule has 0 bridgehead atoms. The van der Waals surface area contributed by atoms with Crippen LogP contribution in [0.15, 0.2) is 0 Å². The van der Waals surface area contributed by atoms with Gasteiger partial charge in [0.2, 0.25) is 6.04 Å². The molecule has 0 saturated heterocycles. The van der Waals surface area contributed by atoms with E-state index in [2.05, 4.69) is 4.18 Å². The summed E-state index contributed by atoms with van der Waals surface area (Å²) in [6.45, 7) is -0.0650. The Morgan fingerprint density at radius 2 is 2.00 bits per heavy atom. The van der Waals surface area contributed by atoms with Gasteiger partial charge in [-0.25, -0.2) is 0 Å². The van der Waals surface area contributed by atoms with Crippen LogP contribution < -0.4 is 0 Å². The Kier molecular flexibility index (Phi) is 4.04. The Morgan fingerprint density at radius 3 is 2.53 bits per heavy atom. The van der Waals surface area contributed by atoms with Crippen molar-refractivity contribution < 1.29 is 17.5 Å². The van der Waals surface area contributed by atoms with Gasteiger partial charge >= 0.3 is 0 Å². The number of hydrogen-bond acceptors (Lipinski definition) is 5. The van der Waals surface area contributed by atoms with Crippen molar-refractivity contribution in [2.24, 2.45) is 5.92 Å². The number of nitro groups is 1. The van der Waals surface area contributed by atoms with Gasteiger partial charge in [0.05, 0.1) is 18.8 Å². The highest BCUT2D eigenvalue weighted by Crippen LogP contribution is 2.26. The fourth-order valence-electron chi connectivity index (χ4n) is 1.87. The lowest BCUT2D eigenvalue weighted by atomic mass is 9.85. The summed E-state index contributed by atoms with van der Waals surface area (Å²) in [5.41, 5.74) is 0. The molecule has 1 aliphatic carbocycles. The summed E-state index contributed by atoms with van der Waals surface area (Å²) < 4.78 is 26.1. The molecule has 0 amide bonds. The van der Waals surface area contributed by atoms with E-state index in [0.717, 1.165) is 19.1 Å². The summed E-state index contributed by atoms with van der Waals surface area (Å²) in [6, 6.07) is -0.652. The van der Waals surface area contributed by atoms with Gasteiger partial charge in [-0.3, -0.25) is 14.3 Å². The Balaban J connectivity index is 2.54. The first-order chi connectivity index (χ1) is 6.90. The van der Waals surface area contributed by atoms with E-state index in [1.54, 1.807) is 0 Å². The molecule has 0 radical (unpaired) electrons.